The van der Waals surface area contributed by atoms with Crippen LogP contribution in [-0.2, 0) is 0 Å². The molecular formula is C13H15N3O. The maximum atomic E-state index is 10.3. The first kappa shape index (κ1) is 11.5. The highest BCUT2D eigenvalue weighted by Gasteiger charge is 2.14. The van der Waals surface area contributed by atoms with Gasteiger partial charge in [-0.2, -0.15) is 0 Å². The Morgan fingerprint density at radius 1 is 1.24 bits per heavy atom. The van der Waals surface area contributed by atoms with Crippen molar-refractivity contribution in [1.29, 1.82) is 0 Å². The number of hydrogen-bond donors (Lipinski definition) is 2. The monoisotopic (exact) mass is 229 g/mol. The van der Waals surface area contributed by atoms with E-state index in [4.69, 9.17) is 5.73 Å². The summed E-state index contributed by atoms with van der Waals surface area (Å²) in [6, 6.07) is 5.38. The van der Waals surface area contributed by atoms with Crippen LogP contribution in [0.5, 0.6) is 0 Å². The number of aliphatic hydroxyl groups is 1. The van der Waals surface area contributed by atoms with Gasteiger partial charge in [0, 0.05) is 35.0 Å². The average molecular weight is 229 g/mol. The maximum Gasteiger partial charge on any atom is 0.108 e. The topological polar surface area (TPSA) is 72.0 Å². The highest BCUT2D eigenvalue weighted by atomic mass is 16.3. The molecule has 0 radical (unpaired) electrons. The number of pyridine rings is 2. The van der Waals surface area contributed by atoms with Gasteiger partial charge in [0.1, 0.15) is 6.10 Å². The van der Waals surface area contributed by atoms with Crippen LogP contribution in [0.4, 0.5) is 5.69 Å². The van der Waals surface area contributed by atoms with Crippen molar-refractivity contribution in [2.75, 3.05) is 5.73 Å². The van der Waals surface area contributed by atoms with Crippen LogP contribution in [0.15, 0.2) is 30.6 Å². The highest BCUT2D eigenvalue weighted by Crippen LogP contribution is 2.26. The van der Waals surface area contributed by atoms with Crippen molar-refractivity contribution in [3.8, 4) is 0 Å². The number of hydrogen-bond acceptors (Lipinski definition) is 4. The summed E-state index contributed by atoms with van der Waals surface area (Å²) in [6.45, 7) is 3.80. The van der Waals surface area contributed by atoms with Crippen LogP contribution in [0, 0.1) is 13.8 Å². The molecule has 2 aromatic heterocycles. The lowest BCUT2D eigenvalue weighted by Crippen LogP contribution is -2.05. The summed E-state index contributed by atoms with van der Waals surface area (Å²) < 4.78 is 0. The minimum absolute atomic E-state index is 0.541. The Morgan fingerprint density at radius 3 is 2.47 bits per heavy atom. The largest absolute Gasteiger partial charge is 0.398 e. The number of nitrogens with zero attached hydrogens (tertiary/aromatic N) is 2. The van der Waals surface area contributed by atoms with Crippen LogP contribution in [0.3, 0.4) is 0 Å². The van der Waals surface area contributed by atoms with E-state index < -0.39 is 6.10 Å². The summed E-state index contributed by atoms with van der Waals surface area (Å²) in [4.78, 5) is 8.26. The molecule has 0 aliphatic heterocycles. The molecular weight excluding hydrogens is 214 g/mol. The van der Waals surface area contributed by atoms with E-state index >= 15 is 0 Å². The van der Waals surface area contributed by atoms with Gasteiger partial charge in [0.2, 0.25) is 0 Å². The van der Waals surface area contributed by atoms with E-state index in [1.807, 2.05) is 26.0 Å². The first-order chi connectivity index (χ1) is 8.08. The Morgan fingerprint density at radius 2 is 1.88 bits per heavy atom. The van der Waals surface area contributed by atoms with Gasteiger partial charge in [-0.1, -0.05) is 0 Å². The summed E-state index contributed by atoms with van der Waals surface area (Å²) in [6.07, 6.45) is 2.43. The van der Waals surface area contributed by atoms with E-state index in [0.717, 1.165) is 17.0 Å². The molecule has 1 atom stereocenters. The standard InChI is InChI=1S/C13H15N3O/c1-8-5-10(6-9(2)16-8)13(17)11-7-15-4-3-12(11)14/h3-7,13,17H,1-2H3,(H2,14,15). The normalized spacial score (nSPS) is 12.4. The van der Waals surface area contributed by atoms with Crippen molar-refractivity contribution < 1.29 is 5.11 Å². The SMILES string of the molecule is Cc1cc(C(O)c2cnccc2N)cc(C)n1. The molecule has 1 unspecified atom stereocenters. The van der Waals surface area contributed by atoms with Crippen LogP contribution in [0.25, 0.3) is 0 Å². The van der Waals surface area contributed by atoms with Gasteiger partial charge in [-0.05, 0) is 37.6 Å². The molecule has 2 aromatic rings. The van der Waals surface area contributed by atoms with Gasteiger partial charge in [-0.15, -0.1) is 0 Å². The molecule has 17 heavy (non-hydrogen) atoms. The summed E-state index contributed by atoms with van der Waals surface area (Å²) in [5.41, 5.74) is 9.52. The van der Waals surface area contributed by atoms with E-state index in [0.29, 0.717) is 11.3 Å². The molecule has 0 aromatic carbocycles. The molecule has 3 N–H and O–H groups in total. The van der Waals surface area contributed by atoms with Crippen LogP contribution < -0.4 is 5.73 Å². The first-order valence-electron chi connectivity index (χ1n) is 5.40. The minimum atomic E-state index is -0.760. The number of anilines is 1. The van der Waals surface area contributed by atoms with Crippen molar-refractivity contribution in [2.45, 2.75) is 20.0 Å². The number of aryl methyl sites for hydroxylation is 2. The van der Waals surface area contributed by atoms with Gasteiger partial charge in [-0.3, -0.25) is 9.97 Å². The molecule has 4 heteroatoms. The lowest BCUT2D eigenvalue weighted by atomic mass is 10.0. The molecule has 2 rings (SSSR count). The van der Waals surface area contributed by atoms with Gasteiger partial charge in [-0.25, -0.2) is 0 Å². The predicted octanol–water partition coefficient (Wildman–Crippen LogP) is 1.76. The van der Waals surface area contributed by atoms with Crippen LogP contribution >= 0.6 is 0 Å². The number of nitrogen functional groups attached to an aromatic ring is 1. The van der Waals surface area contributed by atoms with Crippen LogP contribution in [0.1, 0.15) is 28.6 Å². The van der Waals surface area contributed by atoms with Crippen molar-refractivity contribution in [2.24, 2.45) is 0 Å². The Kier molecular flexibility index (Phi) is 3.06. The van der Waals surface area contributed by atoms with Crippen molar-refractivity contribution in [3.63, 3.8) is 0 Å². The first-order valence-corrected chi connectivity index (χ1v) is 5.40. The molecule has 0 aliphatic carbocycles. The number of aliphatic hydroxyl groups excluding tert-OH is 1. The summed E-state index contributed by atoms with van der Waals surface area (Å²) in [5, 5.41) is 10.3. The van der Waals surface area contributed by atoms with Crippen LogP contribution in [-0.4, -0.2) is 15.1 Å². The smallest absolute Gasteiger partial charge is 0.108 e. The zero-order valence-corrected chi connectivity index (χ0v) is 9.88. The molecule has 4 nitrogen and oxygen atoms in total. The number of nitrogens with two attached hydrogens (primary N) is 1. The van der Waals surface area contributed by atoms with E-state index in [1.165, 1.54) is 0 Å². The Balaban J connectivity index is 2.43. The molecule has 0 spiro atoms. The zero-order valence-electron chi connectivity index (χ0n) is 9.88. The maximum absolute atomic E-state index is 10.3. The summed E-state index contributed by atoms with van der Waals surface area (Å²) in [5.74, 6) is 0. The molecule has 0 saturated heterocycles. The Hall–Kier alpha value is -1.94. The molecule has 0 amide bonds. The number of aromatic nitrogens is 2. The molecule has 88 valence electrons. The van der Waals surface area contributed by atoms with E-state index in [1.54, 1.807) is 18.5 Å². The molecule has 2 heterocycles. The predicted molar refractivity (Wildman–Crippen MR) is 66.4 cm³/mol. The Bertz CT molecular complexity index is 520. The third kappa shape index (κ3) is 2.42. The average Bonchev–Trinajstić information content (AvgIpc) is 2.27. The number of rotatable bonds is 2. The second-order valence-electron chi connectivity index (χ2n) is 4.09. The molecule has 0 saturated carbocycles. The molecule has 0 aliphatic rings. The van der Waals surface area contributed by atoms with Crippen LogP contribution in [0.2, 0.25) is 0 Å². The second-order valence-corrected chi connectivity index (χ2v) is 4.09. The third-order valence-corrected chi connectivity index (χ3v) is 2.60. The fraction of sp³-hybridized carbons (Fsp3) is 0.231. The lowest BCUT2D eigenvalue weighted by Gasteiger charge is -2.14. The highest BCUT2D eigenvalue weighted by molar-refractivity contribution is 5.48. The van der Waals surface area contributed by atoms with Crippen molar-refractivity contribution >= 4 is 5.69 Å². The summed E-state index contributed by atoms with van der Waals surface area (Å²) in [7, 11) is 0. The van der Waals surface area contributed by atoms with Gasteiger partial charge >= 0.3 is 0 Å². The molecule has 0 fully saturated rings. The summed E-state index contributed by atoms with van der Waals surface area (Å²) >= 11 is 0. The minimum Gasteiger partial charge on any atom is -0.398 e. The fourth-order valence-corrected chi connectivity index (χ4v) is 1.85. The third-order valence-electron chi connectivity index (χ3n) is 2.60. The second kappa shape index (κ2) is 4.51. The van der Waals surface area contributed by atoms with Gasteiger partial charge in [0.15, 0.2) is 0 Å². The van der Waals surface area contributed by atoms with E-state index in [-0.39, 0.29) is 0 Å². The quantitative estimate of drug-likeness (QED) is 0.823. The van der Waals surface area contributed by atoms with Gasteiger partial charge < -0.3 is 10.8 Å². The van der Waals surface area contributed by atoms with E-state index in [2.05, 4.69) is 9.97 Å². The van der Waals surface area contributed by atoms with Crippen molar-refractivity contribution in [1.82, 2.24) is 9.97 Å². The molecule has 0 bridgehead atoms. The van der Waals surface area contributed by atoms with Gasteiger partial charge in [0.25, 0.3) is 0 Å². The van der Waals surface area contributed by atoms with Gasteiger partial charge in [0.05, 0.1) is 0 Å². The fourth-order valence-electron chi connectivity index (χ4n) is 1.85. The van der Waals surface area contributed by atoms with Crippen molar-refractivity contribution in [3.05, 3.63) is 53.1 Å². The lowest BCUT2D eigenvalue weighted by molar-refractivity contribution is 0.220. The van der Waals surface area contributed by atoms with E-state index in [9.17, 15) is 5.11 Å². The zero-order chi connectivity index (χ0) is 12.4. The Labute approximate surface area is 100 Å².